The first kappa shape index (κ1) is 15.7. The number of aryl methyl sites for hydroxylation is 1. The van der Waals surface area contributed by atoms with Gasteiger partial charge in [0.05, 0.1) is 18.2 Å². The van der Waals surface area contributed by atoms with E-state index in [-0.39, 0.29) is 0 Å². The zero-order valence-corrected chi connectivity index (χ0v) is 14.5. The first-order valence-corrected chi connectivity index (χ1v) is 8.20. The van der Waals surface area contributed by atoms with Crippen molar-refractivity contribution in [1.82, 2.24) is 10.1 Å². The SMILES string of the molecule is COc1ccc(-c2cc(-c3cc4ccc(C)cc4nc3Cl)on2)cc1. The Kier molecular flexibility index (Phi) is 3.90. The Balaban J connectivity index is 1.75. The summed E-state index contributed by atoms with van der Waals surface area (Å²) in [5.74, 6) is 1.38. The molecule has 2 heterocycles. The highest BCUT2D eigenvalue weighted by Gasteiger charge is 2.14. The third-order valence-electron chi connectivity index (χ3n) is 4.09. The molecule has 4 rings (SSSR count). The molecule has 2 aromatic heterocycles. The first-order chi connectivity index (χ1) is 12.1. The molecule has 4 aromatic rings. The van der Waals surface area contributed by atoms with Crippen molar-refractivity contribution in [1.29, 1.82) is 0 Å². The highest BCUT2D eigenvalue weighted by atomic mass is 35.5. The Morgan fingerprint density at radius 1 is 1.00 bits per heavy atom. The summed E-state index contributed by atoms with van der Waals surface area (Å²) in [5, 5.41) is 5.56. The zero-order chi connectivity index (χ0) is 17.4. The second kappa shape index (κ2) is 6.22. The Bertz CT molecular complexity index is 1060. The molecule has 0 spiro atoms. The van der Waals surface area contributed by atoms with Crippen LogP contribution in [0.5, 0.6) is 5.75 Å². The van der Waals surface area contributed by atoms with E-state index in [4.69, 9.17) is 20.9 Å². The molecule has 0 fully saturated rings. The normalized spacial score (nSPS) is 11.0. The maximum atomic E-state index is 6.37. The van der Waals surface area contributed by atoms with Crippen LogP contribution >= 0.6 is 11.6 Å². The summed E-state index contributed by atoms with van der Waals surface area (Å²) in [6.45, 7) is 2.03. The number of hydrogen-bond donors (Lipinski definition) is 0. The number of benzene rings is 2. The molecule has 0 saturated carbocycles. The Labute approximate surface area is 150 Å². The maximum Gasteiger partial charge on any atom is 0.170 e. The molecule has 2 aromatic carbocycles. The number of nitrogens with zero attached hydrogens (tertiary/aromatic N) is 2. The number of aromatic nitrogens is 2. The quantitative estimate of drug-likeness (QED) is 0.456. The van der Waals surface area contributed by atoms with Crippen molar-refractivity contribution in [2.75, 3.05) is 7.11 Å². The Hall–Kier alpha value is -2.85. The number of hydrogen-bond acceptors (Lipinski definition) is 4. The molecule has 0 bridgehead atoms. The van der Waals surface area contributed by atoms with Crippen LogP contribution in [-0.2, 0) is 0 Å². The van der Waals surface area contributed by atoms with E-state index in [9.17, 15) is 0 Å². The van der Waals surface area contributed by atoms with E-state index in [1.807, 2.05) is 61.5 Å². The van der Waals surface area contributed by atoms with Crippen molar-refractivity contribution < 1.29 is 9.26 Å². The van der Waals surface area contributed by atoms with Crippen LogP contribution in [0.2, 0.25) is 5.15 Å². The van der Waals surface area contributed by atoms with Crippen LogP contribution in [0.3, 0.4) is 0 Å². The van der Waals surface area contributed by atoms with Crippen molar-refractivity contribution in [2.45, 2.75) is 6.92 Å². The molecule has 0 aliphatic heterocycles. The fraction of sp³-hybridized carbons (Fsp3) is 0.100. The van der Waals surface area contributed by atoms with Gasteiger partial charge in [0.2, 0.25) is 0 Å². The minimum Gasteiger partial charge on any atom is -0.497 e. The summed E-state index contributed by atoms with van der Waals surface area (Å²) in [6, 6.07) is 17.6. The highest BCUT2D eigenvalue weighted by Crippen LogP contribution is 2.33. The van der Waals surface area contributed by atoms with Gasteiger partial charge in [-0.15, -0.1) is 0 Å². The number of methoxy groups -OCH3 is 1. The van der Waals surface area contributed by atoms with E-state index < -0.39 is 0 Å². The number of halogens is 1. The minimum absolute atomic E-state index is 0.399. The molecular weight excluding hydrogens is 336 g/mol. The molecule has 5 heteroatoms. The lowest BCUT2D eigenvalue weighted by molar-refractivity contribution is 0.415. The zero-order valence-electron chi connectivity index (χ0n) is 13.8. The topological polar surface area (TPSA) is 48.2 Å². The third kappa shape index (κ3) is 2.96. The van der Waals surface area contributed by atoms with E-state index in [1.54, 1.807) is 7.11 Å². The minimum atomic E-state index is 0.399. The molecule has 0 N–H and O–H groups in total. The van der Waals surface area contributed by atoms with Crippen LogP contribution < -0.4 is 4.74 Å². The number of fused-ring (bicyclic) bond motifs is 1. The summed E-state index contributed by atoms with van der Waals surface area (Å²) in [6.07, 6.45) is 0. The van der Waals surface area contributed by atoms with E-state index >= 15 is 0 Å². The molecule has 0 saturated heterocycles. The van der Waals surface area contributed by atoms with Gasteiger partial charge >= 0.3 is 0 Å². The van der Waals surface area contributed by atoms with Gasteiger partial charge < -0.3 is 9.26 Å². The number of rotatable bonds is 3. The standard InChI is InChI=1S/C20H15ClN2O2/c1-12-3-4-14-10-16(20(21)22-17(14)9-12)19-11-18(23-25-19)13-5-7-15(24-2)8-6-13/h3-11H,1-2H3. The Morgan fingerprint density at radius 2 is 1.80 bits per heavy atom. The van der Waals surface area contributed by atoms with E-state index in [0.29, 0.717) is 10.9 Å². The molecule has 0 aliphatic carbocycles. The van der Waals surface area contributed by atoms with Crippen molar-refractivity contribution >= 4 is 22.5 Å². The lowest BCUT2D eigenvalue weighted by atomic mass is 10.1. The van der Waals surface area contributed by atoms with E-state index in [1.165, 1.54) is 0 Å². The van der Waals surface area contributed by atoms with Gasteiger partial charge in [0, 0.05) is 17.0 Å². The maximum absolute atomic E-state index is 6.37. The predicted molar refractivity (Wildman–Crippen MR) is 99.0 cm³/mol. The van der Waals surface area contributed by atoms with Gasteiger partial charge in [0.1, 0.15) is 16.6 Å². The third-order valence-corrected chi connectivity index (χ3v) is 4.38. The van der Waals surface area contributed by atoms with Crippen molar-refractivity contribution in [3.8, 4) is 28.3 Å². The smallest absolute Gasteiger partial charge is 0.170 e. The Morgan fingerprint density at radius 3 is 2.56 bits per heavy atom. The van der Waals surface area contributed by atoms with Crippen LogP contribution in [0.25, 0.3) is 33.5 Å². The van der Waals surface area contributed by atoms with Gasteiger partial charge in [0.25, 0.3) is 0 Å². The van der Waals surface area contributed by atoms with Gasteiger partial charge in [-0.1, -0.05) is 28.9 Å². The van der Waals surface area contributed by atoms with Crippen molar-refractivity contribution in [3.05, 3.63) is 65.3 Å². The molecule has 0 unspecified atom stereocenters. The van der Waals surface area contributed by atoms with Crippen LogP contribution in [0.1, 0.15) is 5.56 Å². The lowest BCUT2D eigenvalue weighted by Crippen LogP contribution is -1.86. The predicted octanol–water partition coefficient (Wildman–Crippen LogP) is 5.53. The van der Waals surface area contributed by atoms with Gasteiger partial charge in [-0.05, 0) is 48.9 Å². The molecule has 4 nitrogen and oxygen atoms in total. The van der Waals surface area contributed by atoms with Gasteiger partial charge in [0.15, 0.2) is 5.76 Å². The van der Waals surface area contributed by atoms with Crippen LogP contribution in [0.4, 0.5) is 0 Å². The van der Waals surface area contributed by atoms with E-state index in [0.717, 1.165) is 39.0 Å². The fourth-order valence-electron chi connectivity index (χ4n) is 2.73. The molecule has 0 radical (unpaired) electrons. The number of ether oxygens (including phenoxy) is 1. The van der Waals surface area contributed by atoms with Crippen LogP contribution in [0.15, 0.2) is 59.1 Å². The molecular formula is C20H15ClN2O2. The van der Waals surface area contributed by atoms with E-state index in [2.05, 4.69) is 10.1 Å². The monoisotopic (exact) mass is 350 g/mol. The summed E-state index contributed by atoms with van der Waals surface area (Å²) >= 11 is 6.37. The molecule has 0 amide bonds. The average Bonchev–Trinajstić information content (AvgIpc) is 3.11. The van der Waals surface area contributed by atoms with Gasteiger partial charge in [-0.2, -0.15) is 0 Å². The van der Waals surface area contributed by atoms with Crippen LogP contribution in [0, 0.1) is 6.92 Å². The highest BCUT2D eigenvalue weighted by molar-refractivity contribution is 6.32. The molecule has 124 valence electrons. The average molecular weight is 351 g/mol. The number of pyridine rings is 1. The lowest BCUT2D eigenvalue weighted by Gasteiger charge is -2.04. The molecule has 25 heavy (non-hydrogen) atoms. The van der Waals surface area contributed by atoms with Gasteiger partial charge in [-0.3, -0.25) is 0 Å². The molecule has 0 atom stereocenters. The second-order valence-corrected chi connectivity index (χ2v) is 6.19. The summed E-state index contributed by atoms with van der Waals surface area (Å²) < 4.78 is 10.7. The van der Waals surface area contributed by atoms with Crippen molar-refractivity contribution in [3.63, 3.8) is 0 Å². The first-order valence-electron chi connectivity index (χ1n) is 7.82. The van der Waals surface area contributed by atoms with Crippen molar-refractivity contribution in [2.24, 2.45) is 0 Å². The summed E-state index contributed by atoms with van der Waals surface area (Å²) in [4.78, 5) is 4.48. The summed E-state index contributed by atoms with van der Waals surface area (Å²) in [7, 11) is 1.64. The van der Waals surface area contributed by atoms with Gasteiger partial charge in [-0.25, -0.2) is 4.98 Å². The largest absolute Gasteiger partial charge is 0.497 e. The molecule has 0 aliphatic rings. The second-order valence-electron chi connectivity index (χ2n) is 5.83. The van der Waals surface area contributed by atoms with Crippen LogP contribution in [-0.4, -0.2) is 17.3 Å². The summed E-state index contributed by atoms with van der Waals surface area (Å²) in [5.41, 5.74) is 4.41. The fourth-order valence-corrected chi connectivity index (χ4v) is 2.97.